The molecular weight excluding hydrogens is 192 g/mol. The summed E-state index contributed by atoms with van der Waals surface area (Å²) in [7, 11) is 0.858. The summed E-state index contributed by atoms with van der Waals surface area (Å²) in [5.41, 5.74) is 5.38. The van der Waals surface area contributed by atoms with Crippen LogP contribution in [-0.4, -0.2) is 36.2 Å². The van der Waals surface area contributed by atoms with Crippen molar-refractivity contribution >= 4 is 10.5 Å². The second kappa shape index (κ2) is 9.64. The molecule has 0 heterocycles. The van der Waals surface area contributed by atoms with Crippen molar-refractivity contribution in [3.05, 3.63) is 0 Å². The summed E-state index contributed by atoms with van der Waals surface area (Å²) < 4.78 is 5.37. The zero-order valence-electron chi connectivity index (χ0n) is 9.88. The van der Waals surface area contributed by atoms with Gasteiger partial charge in [0.2, 0.25) is 0 Å². The van der Waals surface area contributed by atoms with Gasteiger partial charge < -0.3 is 15.5 Å². The highest BCUT2D eigenvalue weighted by Crippen LogP contribution is 2.13. The van der Waals surface area contributed by atoms with E-state index >= 15 is 0 Å². The lowest BCUT2D eigenvalue weighted by Gasteiger charge is -2.16. The van der Waals surface area contributed by atoms with E-state index in [1.807, 2.05) is 0 Å². The molecule has 0 saturated carbocycles. The van der Waals surface area contributed by atoms with Crippen LogP contribution in [0.4, 0.5) is 0 Å². The Morgan fingerprint density at radius 3 is 2.64 bits per heavy atom. The molecular formula is C10H26N2OSi. The molecule has 0 bridgehead atoms. The standard InChI is InChI=1S/C10H26N2OSi/c1-9(8-10(2)13-14)4-3-6-12-7-5-11/h9-10,12H,3-8,11H2,1-2,14H3. The Balaban J connectivity index is 3.22. The van der Waals surface area contributed by atoms with Crippen LogP contribution >= 0.6 is 0 Å². The quantitative estimate of drug-likeness (QED) is 0.424. The highest BCUT2D eigenvalue weighted by Gasteiger charge is 2.06. The lowest BCUT2D eigenvalue weighted by atomic mass is 9.99. The van der Waals surface area contributed by atoms with Crippen LogP contribution in [-0.2, 0) is 4.43 Å². The molecule has 0 aromatic rings. The molecule has 3 nitrogen and oxygen atoms in total. The average molecular weight is 218 g/mol. The molecule has 0 aliphatic rings. The van der Waals surface area contributed by atoms with Crippen LogP contribution in [0.5, 0.6) is 0 Å². The lowest BCUT2D eigenvalue weighted by molar-refractivity contribution is 0.202. The minimum atomic E-state index is 0.452. The van der Waals surface area contributed by atoms with E-state index in [9.17, 15) is 0 Å². The van der Waals surface area contributed by atoms with Gasteiger partial charge in [0.05, 0.1) is 0 Å². The second-order valence-corrected chi connectivity index (χ2v) is 4.54. The predicted molar refractivity (Wildman–Crippen MR) is 65.4 cm³/mol. The van der Waals surface area contributed by atoms with Crippen LogP contribution in [0.25, 0.3) is 0 Å². The molecule has 0 radical (unpaired) electrons. The number of nitrogens with one attached hydrogen (secondary N) is 1. The Morgan fingerprint density at radius 2 is 2.07 bits per heavy atom. The summed E-state index contributed by atoms with van der Waals surface area (Å²) in [6.07, 6.45) is 4.18. The van der Waals surface area contributed by atoms with Gasteiger partial charge in [0.1, 0.15) is 10.5 Å². The maximum Gasteiger partial charge on any atom is 0.146 e. The van der Waals surface area contributed by atoms with E-state index < -0.39 is 0 Å². The third-order valence-corrected chi connectivity index (χ3v) is 3.31. The molecule has 3 N–H and O–H groups in total. The van der Waals surface area contributed by atoms with Crippen LogP contribution in [0.15, 0.2) is 0 Å². The van der Waals surface area contributed by atoms with Gasteiger partial charge in [0.15, 0.2) is 0 Å². The third-order valence-electron chi connectivity index (χ3n) is 2.51. The largest absolute Gasteiger partial charge is 0.425 e. The zero-order valence-corrected chi connectivity index (χ0v) is 11.9. The lowest BCUT2D eigenvalue weighted by Crippen LogP contribution is -2.23. The zero-order chi connectivity index (χ0) is 10.8. The van der Waals surface area contributed by atoms with Gasteiger partial charge in [-0.2, -0.15) is 0 Å². The Morgan fingerprint density at radius 1 is 1.36 bits per heavy atom. The van der Waals surface area contributed by atoms with Gasteiger partial charge in [-0.3, -0.25) is 0 Å². The van der Waals surface area contributed by atoms with Crippen molar-refractivity contribution in [3.8, 4) is 0 Å². The van der Waals surface area contributed by atoms with Gasteiger partial charge in [0.25, 0.3) is 0 Å². The second-order valence-electron chi connectivity index (χ2n) is 4.07. The summed E-state index contributed by atoms with van der Waals surface area (Å²) in [6, 6.07) is 0. The molecule has 2 atom stereocenters. The molecule has 0 spiro atoms. The van der Waals surface area contributed by atoms with E-state index in [4.69, 9.17) is 10.2 Å². The maximum atomic E-state index is 5.38. The van der Waals surface area contributed by atoms with Gasteiger partial charge in [-0.05, 0) is 38.6 Å². The van der Waals surface area contributed by atoms with Crippen LogP contribution in [0.2, 0.25) is 0 Å². The summed E-state index contributed by atoms with van der Waals surface area (Å²) in [6.45, 7) is 7.24. The number of hydrogen-bond acceptors (Lipinski definition) is 3. The first-order valence-electron chi connectivity index (χ1n) is 5.64. The molecule has 2 unspecified atom stereocenters. The topological polar surface area (TPSA) is 47.3 Å². The van der Waals surface area contributed by atoms with Crippen LogP contribution < -0.4 is 11.1 Å². The van der Waals surface area contributed by atoms with Crippen LogP contribution in [0, 0.1) is 5.92 Å². The SMILES string of the molecule is CC(CCCNCCN)CC(C)O[SiH3]. The first-order valence-corrected chi connectivity index (χ1v) is 6.46. The van der Waals surface area contributed by atoms with Crippen molar-refractivity contribution in [1.29, 1.82) is 0 Å². The Labute approximate surface area is 91.3 Å². The third kappa shape index (κ3) is 8.68. The highest BCUT2D eigenvalue weighted by atomic mass is 28.2. The van der Waals surface area contributed by atoms with E-state index in [2.05, 4.69) is 19.2 Å². The van der Waals surface area contributed by atoms with Crippen molar-refractivity contribution in [3.63, 3.8) is 0 Å². The smallest absolute Gasteiger partial charge is 0.146 e. The van der Waals surface area contributed by atoms with E-state index in [-0.39, 0.29) is 0 Å². The summed E-state index contributed by atoms with van der Waals surface area (Å²) in [5, 5.41) is 3.31. The fourth-order valence-corrected chi connectivity index (χ4v) is 1.78. The van der Waals surface area contributed by atoms with Gasteiger partial charge in [0, 0.05) is 19.2 Å². The summed E-state index contributed by atoms with van der Waals surface area (Å²) >= 11 is 0. The molecule has 0 saturated heterocycles. The molecule has 0 aliphatic carbocycles. The minimum absolute atomic E-state index is 0.452. The average Bonchev–Trinajstić information content (AvgIpc) is 2.17. The Hall–Kier alpha value is 0.0969. The number of nitrogens with two attached hydrogens (primary N) is 1. The monoisotopic (exact) mass is 218 g/mol. The van der Waals surface area contributed by atoms with Crippen molar-refractivity contribution < 1.29 is 4.43 Å². The van der Waals surface area contributed by atoms with Gasteiger partial charge in [-0.15, -0.1) is 0 Å². The van der Waals surface area contributed by atoms with Crippen molar-refractivity contribution in [2.24, 2.45) is 11.7 Å². The van der Waals surface area contributed by atoms with Gasteiger partial charge in [-0.1, -0.05) is 6.92 Å². The van der Waals surface area contributed by atoms with E-state index in [0.29, 0.717) is 6.10 Å². The predicted octanol–water partition coefficient (Wildman–Crippen LogP) is 0.0266. The molecule has 0 rings (SSSR count). The first kappa shape index (κ1) is 14.1. The van der Waals surface area contributed by atoms with Gasteiger partial charge in [-0.25, -0.2) is 0 Å². The fourth-order valence-electron chi connectivity index (χ4n) is 1.58. The molecule has 0 amide bonds. The summed E-state index contributed by atoms with van der Waals surface area (Å²) in [5.74, 6) is 0.777. The molecule has 0 aromatic heterocycles. The molecule has 0 aromatic carbocycles. The molecule has 4 heteroatoms. The van der Waals surface area contributed by atoms with E-state index in [0.717, 1.165) is 36.0 Å². The Kier molecular flexibility index (Phi) is 9.71. The number of hydrogen-bond donors (Lipinski definition) is 2. The molecule has 14 heavy (non-hydrogen) atoms. The first-order chi connectivity index (χ1) is 6.70. The highest BCUT2D eigenvalue weighted by molar-refractivity contribution is 5.98. The number of rotatable bonds is 9. The van der Waals surface area contributed by atoms with Crippen LogP contribution in [0.3, 0.4) is 0 Å². The van der Waals surface area contributed by atoms with Crippen molar-refractivity contribution in [2.45, 2.75) is 39.2 Å². The van der Waals surface area contributed by atoms with Crippen molar-refractivity contribution in [1.82, 2.24) is 5.32 Å². The van der Waals surface area contributed by atoms with Crippen molar-refractivity contribution in [2.75, 3.05) is 19.6 Å². The summed E-state index contributed by atoms with van der Waals surface area (Å²) in [4.78, 5) is 0. The molecule has 86 valence electrons. The minimum Gasteiger partial charge on any atom is -0.425 e. The van der Waals surface area contributed by atoms with E-state index in [1.165, 1.54) is 19.3 Å². The fraction of sp³-hybridized carbons (Fsp3) is 1.00. The molecule has 0 aliphatic heterocycles. The molecule has 0 fully saturated rings. The Bertz CT molecular complexity index is 125. The maximum absolute atomic E-state index is 5.38. The normalized spacial score (nSPS) is 15.6. The van der Waals surface area contributed by atoms with E-state index in [1.54, 1.807) is 0 Å². The van der Waals surface area contributed by atoms with Gasteiger partial charge >= 0.3 is 0 Å². The van der Waals surface area contributed by atoms with Crippen LogP contribution in [0.1, 0.15) is 33.1 Å².